The van der Waals surface area contributed by atoms with E-state index in [4.69, 9.17) is 0 Å². The minimum atomic E-state index is 0.690. The third-order valence-corrected chi connectivity index (χ3v) is 2.31. The smallest absolute Gasteiger partial charge is 0.00643 e. The van der Waals surface area contributed by atoms with Crippen molar-refractivity contribution in [3.63, 3.8) is 0 Å². The maximum Gasteiger partial charge on any atom is 0.00643 e. The van der Waals surface area contributed by atoms with Crippen LogP contribution in [0.3, 0.4) is 0 Å². The molecule has 0 rings (SSSR count). The molecule has 68 valence electrons. The van der Waals surface area contributed by atoms with Crippen molar-refractivity contribution >= 4 is 0 Å². The van der Waals surface area contributed by atoms with E-state index in [2.05, 4.69) is 33.0 Å². The molecule has 0 heterocycles. The van der Waals surface area contributed by atoms with Crippen molar-refractivity contribution in [3.05, 3.63) is 0 Å². The Hall–Kier alpha value is -0.0400. The van der Waals surface area contributed by atoms with E-state index in [1.807, 2.05) is 0 Å². The Bertz CT molecular complexity index is 80.9. The van der Waals surface area contributed by atoms with Gasteiger partial charge >= 0.3 is 0 Å². The van der Waals surface area contributed by atoms with Crippen LogP contribution in [-0.4, -0.2) is 12.6 Å². The fourth-order valence-electron chi connectivity index (χ4n) is 1.28. The van der Waals surface area contributed by atoms with Gasteiger partial charge < -0.3 is 5.32 Å². The van der Waals surface area contributed by atoms with Crippen LogP contribution >= 0.6 is 0 Å². The Balaban J connectivity index is 3.38. The van der Waals surface area contributed by atoms with Gasteiger partial charge in [0.1, 0.15) is 0 Å². The zero-order valence-electron chi connectivity index (χ0n) is 8.48. The van der Waals surface area contributed by atoms with E-state index in [0.717, 1.165) is 12.5 Å². The summed E-state index contributed by atoms with van der Waals surface area (Å²) in [5.41, 5.74) is 0. The summed E-state index contributed by atoms with van der Waals surface area (Å²) in [5, 5.41) is 3.52. The lowest BCUT2D eigenvalue weighted by molar-refractivity contribution is 0.377. The summed E-state index contributed by atoms with van der Waals surface area (Å²) in [4.78, 5) is 0. The molecule has 2 unspecified atom stereocenters. The van der Waals surface area contributed by atoms with Gasteiger partial charge in [0.2, 0.25) is 0 Å². The summed E-state index contributed by atoms with van der Waals surface area (Å²) in [7, 11) is 0. The fourth-order valence-corrected chi connectivity index (χ4v) is 1.28. The first kappa shape index (κ1) is 11.0. The number of nitrogens with one attached hydrogen (secondary N) is 1. The summed E-state index contributed by atoms with van der Waals surface area (Å²) >= 11 is 0. The van der Waals surface area contributed by atoms with E-state index in [9.17, 15) is 0 Å². The van der Waals surface area contributed by atoms with E-state index in [0.29, 0.717) is 6.04 Å². The van der Waals surface area contributed by atoms with Crippen molar-refractivity contribution in [2.24, 2.45) is 5.92 Å². The molecule has 0 spiro atoms. The summed E-state index contributed by atoms with van der Waals surface area (Å²) in [5.74, 6) is 0.826. The summed E-state index contributed by atoms with van der Waals surface area (Å²) in [6, 6.07) is 0.690. The third kappa shape index (κ3) is 5.25. The summed E-state index contributed by atoms with van der Waals surface area (Å²) in [6.45, 7) is 10.2. The van der Waals surface area contributed by atoms with Crippen LogP contribution in [-0.2, 0) is 0 Å². The molecular weight excluding hydrogens is 134 g/mol. The minimum absolute atomic E-state index is 0.690. The average molecular weight is 157 g/mol. The first-order valence-corrected chi connectivity index (χ1v) is 4.95. The highest BCUT2D eigenvalue weighted by Crippen LogP contribution is 2.09. The minimum Gasteiger partial charge on any atom is -0.314 e. The maximum absolute atomic E-state index is 3.52. The van der Waals surface area contributed by atoms with Gasteiger partial charge in [0.25, 0.3) is 0 Å². The first-order valence-electron chi connectivity index (χ1n) is 4.95. The molecule has 0 aromatic carbocycles. The Morgan fingerprint density at radius 3 is 2.18 bits per heavy atom. The van der Waals surface area contributed by atoms with E-state index in [-0.39, 0.29) is 0 Å². The van der Waals surface area contributed by atoms with Crippen LogP contribution in [0.5, 0.6) is 0 Å². The van der Waals surface area contributed by atoms with Crippen LogP contribution in [0.1, 0.15) is 47.0 Å². The number of hydrogen-bond donors (Lipinski definition) is 1. The number of rotatable bonds is 6. The van der Waals surface area contributed by atoms with Crippen molar-refractivity contribution < 1.29 is 0 Å². The molecular formula is C10H23N. The van der Waals surface area contributed by atoms with Crippen LogP contribution < -0.4 is 5.32 Å². The molecule has 0 aliphatic heterocycles. The molecule has 0 aliphatic rings. The second-order valence-electron chi connectivity index (χ2n) is 3.51. The first-order chi connectivity index (χ1) is 5.22. The molecule has 0 amide bonds. The summed E-state index contributed by atoms with van der Waals surface area (Å²) in [6.07, 6.45) is 3.89. The summed E-state index contributed by atoms with van der Waals surface area (Å²) < 4.78 is 0. The highest BCUT2D eigenvalue weighted by atomic mass is 14.9. The van der Waals surface area contributed by atoms with Gasteiger partial charge in [0.15, 0.2) is 0 Å². The molecule has 0 aromatic heterocycles. The van der Waals surface area contributed by atoms with Crippen LogP contribution in [0.25, 0.3) is 0 Å². The molecule has 0 radical (unpaired) electrons. The third-order valence-electron chi connectivity index (χ3n) is 2.31. The van der Waals surface area contributed by atoms with Crippen molar-refractivity contribution in [2.75, 3.05) is 6.54 Å². The lowest BCUT2D eigenvalue weighted by Crippen LogP contribution is -2.32. The zero-order valence-corrected chi connectivity index (χ0v) is 8.48. The Labute approximate surface area is 71.6 Å². The van der Waals surface area contributed by atoms with Gasteiger partial charge in [-0.15, -0.1) is 0 Å². The molecule has 0 saturated heterocycles. The number of hydrogen-bond acceptors (Lipinski definition) is 1. The molecule has 0 aliphatic carbocycles. The highest BCUT2D eigenvalue weighted by molar-refractivity contribution is 4.67. The molecule has 0 saturated carbocycles. The van der Waals surface area contributed by atoms with Gasteiger partial charge in [-0.1, -0.05) is 27.2 Å². The van der Waals surface area contributed by atoms with Gasteiger partial charge in [-0.2, -0.15) is 0 Å². The lowest BCUT2D eigenvalue weighted by atomic mass is 9.98. The van der Waals surface area contributed by atoms with Crippen LogP contribution in [0.15, 0.2) is 0 Å². The SMILES string of the molecule is CCCNC(C)C(C)CCC. The van der Waals surface area contributed by atoms with Crippen molar-refractivity contribution in [3.8, 4) is 0 Å². The maximum atomic E-state index is 3.52. The molecule has 11 heavy (non-hydrogen) atoms. The largest absolute Gasteiger partial charge is 0.314 e. The molecule has 1 heteroatoms. The van der Waals surface area contributed by atoms with Crippen LogP contribution in [0.4, 0.5) is 0 Å². The van der Waals surface area contributed by atoms with Gasteiger partial charge in [-0.3, -0.25) is 0 Å². The Kier molecular flexibility index (Phi) is 6.63. The molecule has 2 atom stereocenters. The topological polar surface area (TPSA) is 12.0 Å². The van der Waals surface area contributed by atoms with Gasteiger partial charge in [0.05, 0.1) is 0 Å². The van der Waals surface area contributed by atoms with E-state index in [1.165, 1.54) is 19.3 Å². The second-order valence-corrected chi connectivity index (χ2v) is 3.51. The molecule has 0 fully saturated rings. The van der Waals surface area contributed by atoms with Gasteiger partial charge in [-0.25, -0.2) is 0 Å². The van der Waals surface area contributed by atoms with Crippen molar-refractivity contribution in [1.82, 2.24) is 5.32 Å². The fraction of sp³-hybridized carbons (Fsp3) is 1.00. The lowest BCUT2D eigenvalue weighted by Gasteiger charge is -2.20. The molecule has 0 bridgehead atoms. The normalized spacial score (nSPS) is 16.4. The van der Waals surface area contributed by atoms with Gasteiger partial charge in [-0.05, 0) is 32.2 Å². The van der Waals surface area contributed by atoms with E-state index >= 15 is 0 Å². The second kappa shape index (κ2) is 6.66. The standard InChI is InChI=1S/C10H23N/c1-5-7-9(3)10(4)11-8-6-2/h9-11H,5-8H2,1-4H3. The van der Waals surface area contributed by atoms with E-state index < -0.39 is 0 Å². The predicted molar refractivity (Wildman–Crippen MR) is 51.8 cm³/mol. The molecule has 1 nitrogen and oxygen atoms in total. The monoisotopic (exact) mass is 157 g/mol. The van der Waals surface area contributed by atoms with Gasteiger partial charge in [0, 0.05) is 6.04 Å². The Morgan fingerprint density at radius 2 is 1.73 bits per heavy atom. The zero-order chi connectivity index (χ0) is 8.69. The quantitative estimate of drug-likeness (QED) is 0.625. The molecule has 0 aromatic rings. The average Bonchev–Trinajstić information content (AvgIpc) is 2.00. The molecule has 1 N–H and O–H groups in total. The Morgan fingerprint density at radius 1 is 1.09 bits per heavy atom. The van der Waals surface area contributed by atoms with Crippen molar-refractivity contribution in [1.29, 1.82) is 0 Å². The highest BCUT2D eigenvalue weighted by Gasteiger charge is 2.08. The van der Waals surface area contributed by atoms with E-state index in [1.54, 1.807) is 0 Å². The van der Waals surface area contributed by atoms with Crippen LogP contribution in [0, 0.1) is 5.92 Å². The van der Waals surface area contributed by atoms with Crippen molar-refractivity contribution in [2.45, 2.75) is 53.0 Å². The predicted octanol–water partition coefficient (Wildman–Crippen LogP) is 2.81. The van der Waals surface area contributed by atoms with Crippen LogP contribution in [0.2, 0.25) is 0 Å².